The van der Waals surface area contributed by atoms with Gasteiger partial charge in [-0.25, -0.2) is 0 Å². The number of nitrogens with zero attached hydrogens (tertiary/aromatic N) is 1. The van der Waals surface area contributed by atoms with Crippen molar-refractivity contribution in [3.8, 4) is 11.8 Å². The van der Waals surface area contributed by atoms with E-state index in [1.165, 1.54) is 6.08 Å². The van der Waals surface area contributed by atoms with Gasteiger partial charge in [-0.15, -0.1) is 0 Å². The van der Waals surface area contributed by atoms with Crippen molar-refractivity contribution in [1.82, 2.24) is 0 Å². The van der Waals surface area contributed by atoms with Gasteiger partial charge < -0.3 is 15.4 Å². The molecule has 3 rings (SSSR count). The van der Waals surface area contributed by atoms with E-state index in [1.807, 2.05) is 70.2 Å². The molecule has 0 unspecified atom stereocenters. The lowest BCUT2D eigenvalue weighted by Gasteiger charge is -2.13. The van der Waals surface area contributed by atoms with Crippen LogP contribution >= 0.6 is 31.9 Å². The van der Waals surface area contributed by atoms with Crippen molar-refractivity contribution in [2.75, 3.05) is 17.2 Å². The zero-order valence-electron chi connectivity index (χ0n) is 20.3. The van der Waals surface area contributed by atoms with Crippen LogP contribution in [0.1, 0.15) is 27.8 Å². The summed E-state index contributed by atoms with van der Waals surface area (Å²) in [5.41, 5.74) is 6.03. The Hall–Kier alpha value is -3.41. The fourth-order valence-electron chi connectivity index (χ4n) is 3.47. The van der Waals surface area contributed by atoms with Crippen LogP contribution in [0.3, 0.4) is 0 Å². The predicted molar refractivity (Wildman–Crippen MR) is 150 cm³/mol. The number of aryl methyl sites for hydroxylation is 3. The van der Waals surface area contributed by atoms with E-state index in [0.29, 0.717) is 25.9 Å². The van der Waals surface area contributed by atoms with Crippen LogP contribution in [0.15, 0.2) is 63.0 Å². The molecule has 0 spiro atoms. The van der Waals surface area contributed by atoms with E-state index in [0.717, 1.165) is 27.9 Å². The van der Waals surface area contributed by atoms with Gasteiger partial charge in [0.2, 0.25) is 0 Å². The Morgan fingerprint density at radius 2 is 1.64 bits per heavy atom. The maximum atomic E-state index is 12.7. The van der Waals surface area contributed by atoms with Gasteiger partial charge in [-0.2, -0.15) is 5.26 Å². The largest absolute Gasteiger partial charge is 0.481 e. The van der Waals surface area contributed by atoms with E-state index in [-0.39, 0.29) is 18.1 Å². The van der Waals surface area contributed by atoms with Crippen molar-refractivity contribution >= 4 is 61.1 Å². The molecule has 6 nitrogen and oxygen atoms in total. The summed E-state index contributed by atoms with van der Waals surface area (Å²) in [6.45, 7) is 7.61. The Bertz CT molecular complexity index is 1380. The van der Waals surface area contributed by atoms with E-state index < -0.39 is 5.91 Å². The number of nitrogens with one attached hydrogen (secondary N) is 2. The molecule has 0 aliphatic rings. The minimum Gasteiger partial charge on any atom is -0.481 e. The lowest BCUT2D eigenvalue weighted by Crippen LogP contribution is -2.21. The van der Waals surface area contributed by atoms with E-state index in [1.54, 1.807) is 12.1 Å². The quantitative estimate of drug-likeness (QED) is 0.222. The average molecular weight is 611 g/mol. The van der Waals surface area contributed by atoms with Gasteiger partial charge in [0.05, 0.1) is 8.95 Å². The van der Waals surface area contributed by atoms with Gasteiger partial charge >= 0.3 is 0 Å². The molecule has 3 aromatic carbocycles. The summed E-state index contributed by atoms with van der Waals surface area (Å²) < 4.78 is 6.87. The summed E-state index contributed by atoms with van der Waals surface area (Å²) in [4.78, 5) is 25.1. The summed E-state index contributed by atoms with van der Waals surface area (Å²) in [5, 5.41) is 15.2. The summed E-state index contributed by atoms with van der Waals surface area (Å²) in [6, 6.07) is 16.8. The normalized spacial score (nSPS) is 11.0. The molecule has 0 saturated heterocycles. The van der Waals surface area contributed by atoms with Gasteiger partial charge in [0.15, 0.2) is 6.61 Å². The zero-order chi connectivity index (χ0) is 26.4. The Kier molecular flexibility index (Phi) is 9.08. The number of halogens is 2. The number of ether oxygens (including phenoxy) is 1. The number of anilines is 2. The fraction of sp³-hybridized carbons (Fsp3) is 0.179. The minimum atomic E-state index is -0.500. The molecule has 0 aliphatic carbocycles. The van der Waals surface area contributed by atoms with Crippen molar-refractivity contribution in [3.05, 3.63) is 90.9 Å². The highest BCUT2D eigenvalue weighted by Crippen LogP contribution is 2.35. The summed E-state index contributed by atoms with van der Waals surface area (Å²) in [5.74, 6) is -0.358. The van der Waals surface area contributed by atoms with Gasteiger partial charge in [-0.3, -0.25) is 9.59 Å². The lowest BCUT2D eigenvalue weighted by atomic mass is 10.1. The highest BCUT2D eigenvalue weighted by atomic mass is 79.9. The van der Waals surface area contributed by atoms with Crippen molar-refractivity contribution in [3.63, 3.8) is 0 Å². The molecule has 184 valence electrons. The van der Waals surface area contributed by atoms with Gasteiger partial charge in [0.25, 0.3) is 11.8 Å². The van der Waals surface area contributed by atoms with E-state index >= 15 is 0 Å². The molecule has 0 heterocycles. The van der Waals surface area contributed by atoms with Gasteiger partial charge in [0.1, 0.15) is 17.4 Å². The average Bonchev–Trinajstić information content (AvgIpc) is 2.81. The second kappa shape index (κ2) is 12.0. The standard InChI is InChI=1S/C28H25Br2N3O3/c1-16-8-9-24(18(3)10-16)33-28(35)21(14-31)11-20-12-22(29)27(23(30)13-20)36-15-26(34)32-25-7-5-6-17(2)19(25)4/h5-13H,15H2,1-4H3,(H,32,34)(H,33,35)/b21-11+. The molecule has 0 atom stereocenters. The Balaban J connectivity index is 1.71. The Labute approximate surface area is 227 Å². The first-order valence-corrected chi connectivity index (χ1v) is 12.7. The third-order valence-electron chi connectivity index (χ3n) is 5.55. The van der Waals surface area contributed by atoms with E-state index in [9.17, 15) is 14.9 Å². The van der Waals surface area contributed by atoms with Crippen LogP contribution in [0.25, 0.3) is 6.08 Å². The molecule has 0 bridgehead atoms. The number of hydrogen-bond acceptors (Lipinski definition) is 4. The third-order valence-corrected chi connectivity index (χ3v) is 6.73. The summed E-state index contributed by atoms with van der Waals surface area (Å²) in [7, 11) is 0. The number of rotatable bonds is 7. The number of amides is 2. The van der Waals surface area contributed by atoms with Crippen molar-refractivity contribution in [2.45, 2.75) is 27.7 Å². The maximum Gasteiger partial charge on any atom is 0.266 e. The van der Waals surface area contributed by atoms with Crippen LogP contribution < -0.4 is 15.4 Å². The molecular formula is C28H25Br2N3O3. The highest BCUT2D eigenvalue weighted by Gasteiger charge is 2.15. The molecule has 2 N–H and O–H groups in total. The third kappa shape index (κ3) is 6.84. The maximum absolute atomic E-state index is 12.7. The molecule has 3 aromatic rings. The highest BCUT2D eigenvalue weighted by molar-refractivity contribution is 9.11. The monoisotopic (exact) mass is 609 g/mol. The van der Waals surface area contributed by atoms with Crippen molar-refractivity contribution < 1.29 is 14.3 Å². The topological polar surface area (TPSA) is 91.2 Å². The van der Waals surface area contributed by atoms with E-state index in [4.69, 9.17) is 4.74 Å². The molecule has 36 heavy (non-hydrogen) atoms. The van der Waals surface area contributed by atoms with Gasteiger partial charge in [-0.05, 0) is 112 Å². The van der Waals surface area contributed by atoms with E-state index in [2.05, 4.69) is 42.5 Å². The molecule has 8 heteroatoms. The zero-order valence-corrected chi connectivity index (χ0v) is 23.5. The number of carbonyl (C=O) groups is 2. The van der Waals surface area contributed by atoms with Crippen molar-refractivity contribution in [2.24, 2.45) is 0 Å². The SMILES string of the molecule is Cc1ccc(NC(=O)/C(C#N)=C/c2cc(Br)c(OCC(=O)Nc3cccc(C)c3C)c(Br)c2)c(C)c1. The van der Waals surface area contributed by atoms with Crippen LogP contribution in [0.2, 0.25) is 0 Å². The number of nitriles is 1. The first-order chi connectivity index (χ1) is 17.1. The minimum absolute atomic E-state index is 0.0460. The molecule has 0 aromatic heterocycles. The molecule has 0 radical (unpaired) electrons. The summed E-state index contributed by atoms with van der Waals surface area (Å²) >= 11 is 6.91. The lowest BCUT2D eigenvalue weighted by molar-refractivity contribution is -0.118. The first kappa shape index (κ1) is 27.2. The molecule has 0 aliphatic heterocycles. The predicted octanol–water partition coefficient (Wildman–Crippen LogP) is 7.01. The summed E-state index contributed by atoms with van der Waals surface area (Å²) in [6.07, 6.45) is 1.49. The molecule has 2 amide bonds. The Morgan fingerprint density at radius 3 is 2.28 bits per heavy atom. The molecular weight excluding hydrogens is 586 g/mol. The van der Waals surface area contributed by atoms with Gasteiger partial charge in [0, 0.05) is 11.4 Å². The van der Waals surface area contributed by atoms with Crippen LogP contribution in [0.4, 0.5) is 11.4 Å². The second-order valence-corrected chi connectivity index (χ2v) is 10.0. The van der Waals surface area contributed by atoms with Crippen LogP contribution in [-0.4, -0.2) is 18.4 Å². The Morgan fingerprint density at radius 1 is 0.944 bits per heavy atom. The molecule has 0 fully saturated rings. The van der Waals surface area contributed by atoms with Crippen molar-refractivity contribution in [1.29, 1.82) is 5.26 Å². The second-order valence-electron chi connectivity index (χ2n) is 8.34. The van der Waals surface area contributed by atoms with Crippen LogP contribution in [-0.2, 0) is 9.59 Å². The van der Waals surface area contributed by atoms with Crippen LogP contribution in [0, 0.1) is 39.0 Å². The first-order valence-electron chi connectivity index (χ1n) is 11.1. The number of carbonyl (C=O) groups excluding carboxylic acids is 2. The van der Waals surface area contributed by atoms with Gasteiger partial charge in [-0.1, -0.05) is 29.8 Å². The van der Waals surface area contributed by atoms with Crippen LogP contribution in [0.5, 0.6) is 5.75 Å². The smallest absolute Gasteiger partial charge is 0.266 e. The fourth-order valence-corrected chi connectivity index (χ4v) is 4.92. The number of hydrogen-bond donors (Lipinski definition) is 2. The molecule has 0 saturated carbocycles. The number of benzene rings is 3.